The minimum Gasteiger partial charge on any atom is -0.352 e. The lowest BCUT2D eigenvalue weighted by atomic mass is 10.2. The zero-order chi connectivity index (χ0) is 12.8. The Labute approximate surface area is 107 Å². The quantitative estimate of drug-likeness (QED) is 0.820. The molecule has 1 N–H and O–H groups in total. The molecule has 4 nitrogen and oxygen atoms in total. The predicted molar refractivity (Wildman–Crippen MR) is 70.8 cm³/mol. The molecule has 0 saturated carbocycles. The van der Waals surface area contributed by atoms with E-state index in [1.165, 1.54) is 0 Å². The monoisotopic (exact) mass is 243 g/mol. The number of hydrogen-bond acceptors (Lipinski definition) is 2. The largest absolute Gasteiger partial charge is 0.352 e. The molecule has 0 saturated heterocycles. The van der Waals surface area contributed by atoms with Gasteiger partial charge in [0.05, 0.1) is 5.69 Å². The van der Waals surface area contributed by atoms with Gasteiger partial charge in [-0.1, -0.05) is 19.4 Å². The van der Waals surface area contributed by atoms with E-state index in [9.17, 15) is 4.79 Å². The topological polar surface area (TPSA) is 46.9 Å². The molecule has 0 aliphatic heterocycles. The standard InChI is InChI=1S/C14H17N3O/c1-2-3-8-15-14(18)12-6-4-7-13(11-12)17-10-5-9-16-17/h4-7,9-11H,2-3,8H2,1H3,(H,15,18). The summed E-state index contributed by atoms with van der Waals surface area (Å²) in [5.41, 5.74) is 1.56. The Morgan fingerprint density at radius 1 is 1.39 bits per heavy atom. The number of unbranched alkanes of at least 4 members (excludes halogenated alkanes) is 1. The summed E-state index contributed by atoms with van der Waals surface area (Å²) in [5.74, 6) is -0.0301. The van der Waals surface area contributed by atoms with Gasteiger partial charge in [0.2, 0.25) is 0 Å². The fraction of sp³-hybridized carbons (Fsp3) is 0.286. The van der Waals surface area contributed by atoms with Crippen LogP contribution < -0.4 is 5.32 Å². The molecule has 2 aromatic rings. The lowest BCUT2D eigenvalue weighted by Gasteiger charge is -2.06. The molecule has 1 aromatic heterocycles. The van der Waals surface area contributed by atoms with Crippen LogP contribution in [0, 0.1) is 0 Å². The van der Waals surface area contributed by atoms with E-state index in [0.29, 0.717) is 5.56 Å². The van der Waals surface area contributed by atoms with E-state index in [4.69, 9.17) is 0 Å². The van der Waals surface area contributed by atoms with Crippen LogP contribution in [0.15, 0.2) is 42.7 Å². The first-order valence-electron chi connectivity index (χ1n) is 6.19. The molecule has 1 amide bonds. The van der Waals surface area contributed by atoms with E-state index < -0.39 is 0 Å². The van der Waals surface area contributed by atoms with Crippen LogP contribution in [0.5, 0.6) is 0 Å². The molecule has 0 bridgehead atoms. The number of aromatic nitrogens is 2. The van der Waals surface area contributed by atoms with Crippen LogP contribution in [0.1, 0.15) is 30.1 Å². The van der Waals surface area contributed by atoms with Gasteiger partial charge in [0.15, 0.2) is 0 Å². The summed E-state index contributed by atoms with van der Waals surface area (Å²) in [5, 5.41) is 7.05. The molecule has 0 atom stereocenters. The lowest BCUT2D eigenvalue weighted by Crippen LogP contribution is -2.24. The molecular formula is C14H17N3O. The molecule has 1 aromatic carbocycles. The fourth-order valence-electron chi connectivity index (χ4n) is 1.69. The van der Waals surface area contributed by atoms with Crippen molar-refractivity contribution in [1.82, 2.24) is 15.1 Å². The van der Waals surface area contributed by atoms with Gasteiger partial charge in [-0.05, 0) is 30.7 Å². The Balaban J connectivity index is 2.10. The number of carbonyl (C=O) groups excluding carboxylic acids is 1. The van der Waals surface area contributed by atoms with Crippen LogP contribution >= 0.6 is 0 Å². The molecule has 1 heterocycles. The van der Waals surface area contributed by atoms with Gasteiger partial charge >= 0.3 is 0 Å². The Morgan fingerprint density at radius 2 is 2.28 bits per heavy atom. The maximum absolute atomic E-state index is 11.9. The number of benzene rings is 1. The van der Waals surface area contributed by atoms with Crippen molar-refractivity contribution in [2.45, 2.75) is 19.8 Å². The van der Waals surface area contributed by atoms with Gasteiger partial charge in [-0.25, -0.2) is 4.68 Å². The first kappa shape index (κ1) is 12.4. The summed E-state index contributed by atoms with van der Waals surface area (Å²) in [6, 6.07) is 9.30. The van der Waals surface area contributed by atoms with Crippen LogP contribution in [0.25, 0.3) is 5.69 Å². The molecule has 2 rings (SSSR count). The van der Waals surface area contributed by atoms with Crippen LogP contribution in [0.2, 0.25) is 0 Å². The second-order valence-corrected chi connectivity index (χ2v) is 4.11. The van der Waals surface area contributed by atoms with Crippen LogP contribution in [-0.4, -0.2) is 22.2 Å². The number of rotatable bonds is 5. The zero-order valence-electron chi connectivity index (χ0n) is 10.5. The van der Waals surface area contributed by atoms with Gasteiger partial charge in [0.25, 0.3) is 5.91 Å². The third-order valence-electron chi connectivity index (χ3n) is 2.69. The summed E-state index contributed by atoms with van der Waals surface area (Å²) in [4.78, 5) is 11.9. The third kappa shape index (κ3) is 2.97. The fourth-order valence-corrected chi connectivity index (χ4v) is 1.69. The van der Waals surface area contributed by atoms with Gasteiger partial charge in [0, 0.05) is 24.5 Å². The van der Waals surface area contributed by atoms with E-state index in [1.54, 1.807) is 10.9 Å². The smallest absolute Gasteiger partial charge is 0.251 e. The van der Waals surface area contributed by atoms with Gasteiger partial charge in [-0.15, -0.1) is 0 Å². The molecule has 0 spiro atoms. The van der Waals surface area contributed by atoms with Crippen molar-refractivity contribution >= 4 is 5.91 Å². The first-order chi connectivity index (χ1) is 8.81. The van der Waals surface area contributed by atoms with Gasteiger partial charge in [-0.3, -0.25) is 4.79 Å². The van der Waals surface area contributed by atoms with E-state index in [0.717, 1.165) is 25.1 Å². The number of nitrogens with one attached hydrogen (secondary N) is 1. The van der Waals surface area contributed by atoms with Crippen molar-refractivity contribution in [3.63, 3.8) is 0 Å². The Kier molecular flexibility index (Phi) is 4.12. The van der Waals surface area contributed by atoms with E-state index >= 15 is 0 Å². The predicted octanol–water partition coefficient (Wildman–Crippen LogP) is 2.40. The minimum atomic E-state index is -0.0301. The molecule has 0 aliphatic rings. The Morgan fingerprint density at radius 3 is 3.00 bits per heavy atom. The lowest BCUT2D eigenvalue weighted by molar-refractivity contribution is 0.0953. The van der Waals surface area contributed by atoms with Crippen molar-refractivity contribution in [2.24, 2.45) is 0 Å². The zero-order valence-corrected chi connectivity index (χ0v) is 10.5. The van der Waals surface area contributed by atoms with E-state index in [-0.39, 0.29) is 5.91 Å². The first-order valence-corrected chi connectivity index (χ1v) is 6.19. The average Bonchev–Trinajstić information content (AvgIpc) is 2.93. The SMILES string of the molecule is CCCCNC(=O)c1cccc(-n2cccn2)c1. The normalized spacial score (nSPS) is 10.3. The molecular weight excluding hydrogens is 226 g/mol. The highest BCUT2D eigenvalue weighted by Gasteiger charge is 2.06. The van der Waals surface area contributed by atoms with E-state index in [1.807, 2.05) is 36.5 Å². The number of hydrogen-bond donors (Lipinski definition) is 1. The molecule has 4 heteroatoms. The van der Waals surface area contributed by atoms with Crippen molar-refractivity contribution < 1.29 is 4.79 Å². The average molecular weight is 243 g/mol. The molecule has 0 unspecified atom stereocenters. The van der Waals surface area contributed by atoms with E-state index in [2.05, 4.69) is 17.3 Å². The molecule has 0 radical (unpaired) electrons. The molecule has 0 aliphatic carbocycles. The highest BCUT2D eigenvalue weighted by molar-refractivity contribution is 5.94. The molecule has 18 heavy (non-hydrogen) atoms. The third-order valence-corrected chi connectivity index (χ3v) is 2.69. The highest BCUT2D eigenvalue weighted by atomic mass is 16.1. The van der Waals surface area contributed by atoms with Crippen LogP contribution in [-0.2, 0) is 0 Å². The second-order valence-electron chi connectivity index (χ2n) is 4.11. The summed E-state index contributed by atoms with van der Waals surface area (Å²) in [7, 11) is 0. The summed E-state index contributed by atoms with van der Waals surface area (Å²) < 4.78 is 1.74. The van der Waals surface area contributed by atoms with Crippen molar-refractivity contribution in [1.29, 1.82) is 0 Å². The van der Waals surface area contributed by atoms with Crippen LogP contribution in [0.4, 0.5) is 0 Å². The number of nitrogens with zero attached hydrogens (tertiary/aromatic N) is 2. The highest BCUT2D eigenvalue weighted by Crippen LogP contribution is 2.09. The number of amides is 1. The second kappa shape index (κ2) is 6.00. The van der Waals surface area contributed by atoms with Crippen molar-refractivity contribution in [3.05, 3.63) is 48.3 Å². The number of carbonyl (C=O) groups is 1. The Bertz CT molecular complexity index is 506. The van der Waals surface area contributed by atoms with Gasteiger partial charge in [-0.2, -0.15) is 5.10 Å². The van der Waals surface area contributed by atoms with Crippen LogP contribution in [0.3, 0.4) is 0 Å². The van der Waals surface area contributed by atoms with Crippen molar-refractivity contribution in [2.75, 3.05) is 6.54 Å². The van der Waals surface area contributed by atoms with Gasteiger partial charge < -0.3 is 5.32 Å². The molecule has 0 fully saturated rings. The van der Waals surface area contributed by atoms with Crippen molar-refractivity contribution in [3.8, 4) is 5.69 Å². The molecule has 94 valence electrons. The maximum Gasteiger partial charge on any atom is 0.251 e. The summed E-state index contributed by atoms with van der Waals surface area (Å²) >= 11 is 0. The van der Waals surface area contributed by atoms with Gasteiger partial charge in [0.1, 0.15) is 0 Å². The minimum absolute atomic E-state index is 0.0301. The Hall–Kier alpha value is -2.10. The maximum atomic E-state index is 11.9. The summed E-state index contributed by atoms with van der Waals surface area (Å²) in [6.07, 6.45) is 5.65. The summed E-state index contributed by atoms with van der Waals surface area (Å²) in [6.45, 7) is 2.83.